The topological polar surface area (TPSA) is 93.4 Å². The minimum Gasteiger partial charge on any atom is -0.352 e. The maximum atomic E-state index is 13.1. The molecule has 1 aromatic heterocycles. The van der Waals surface area contributed by atoms with E-state index in [9.17, 15) is 18.0 Å². The highest BCUT2D eigenvalue weighted by Crippen LogP contribution is 2.26. The number of benzene rings is 1. The van der Waals surface area contributed by atoms with Crippen molar-refractivity contribution in [1.82, 2.24) is 18.8 Å². The number of imidazole rings is 1. The summed E-state index contributed by atoms with van der Waals surface area (Å²) in [5.74, 6) is -0.209. The SMILES string of the molecule is CC(C)n1c(=O)n(CC(=O)NC2CCCC2)c2cc(S(=O)(=O)N3CCCC3)ccc21. The van der Waals surface area contributed by atoms with Crippen molar-refractivity contribution in [2.45, 2.75) is 75.9 Å². The first-order valence-electron chi connectivity index (χ1n) is 10.8. The number of rotatable bonds is 6. The molecule has 164 valence electrons. The number of hydrogen-bond acceptors (Lipinski definition) is 4. The van der Waals surface area contributed by atoms with Crippen LogP contribution in [0.2, 0.25) is 0 Å². The lowest BCUT2D eigenvalue weighted by Gasteiger charge is -2.16. The van der Waals surface area contributed by atoms with Crippen molar-refractivity contribution < 1.29 is 13.2 Å². The molecule has 0 unspecified atom stereocenters. The van der Waals surface area contributed by atoms with Gasteiger partial charge >= 0.3 is 5.69 Å². The summed E-state index contributed by atoms with van der Waals surface area (Å²) in [5.41, 5.74) is 0.830. The van der Waals surface area contributed by atoms with Crippen LogP contribution in [-0.4, -0.2) is 46.9 Å². The molecule has 1 amide bonds. The van der Waals surface area contributed by atoms with Crippen LogP contribution in [-0.2, 0) is 21.4 Å². The first kappa shape index (κ1) is 21.1. The Labute approximate surface area is 176 Å². The van der Waals surface area contributed by atoms with Gasteiger partial charge in [0.05, 0.1) is 15.9 Å². The maximum Gasteiger partial charge on any atom is 0.329 e. The Morgan fingerprint density at radius 1 is 1.10 bits per heavy atom. The summed E-state index contributed by atoms with van der Waals surface area (Å²) in [7, 11) is -3.61. The van der Waals surface area contributed by atoms with Crippen LogP contribution >= 0.6 is 0 Å². The predicted octanol–water partition coefficient (Wildman–Crippen LogP) is 2.23. The van der Waals surface area contributed by atoms with Gasteiger partial charge in [0.25, 0.3) is 0 Å². The second-order valence-corrected chi connectivity index (χ2v) is 10.6. The van der Waals surface area contributed by atoms with E-state index in [0.717, 1.165) is 38.5 Å². The minimum absolute atomic E-state index is 0.111. The molecule has 9 heteroatoms. The van der Waals surface area contributed by atoms with E-state index in [2.05, 4.69) is 5.32 Å². The fourth-order valence-corrected chi connectivity index (χ4v) is 6.17. The van der Waals surface area contributed by atoms with Gasteiger partial charge in [0, 0.05) is 25.2 Å². The molecule has 0 bridgehead atoms. The lowest BCUT2D eigenvalue weighted by Crippen LogP contribution is -2.38. The van der Waals surface area contributed by atoms with E-state index >= 15 is 0 Å². The summed E-state index contributed by atoms with van der Waals surface area (Å²) in [4.78, 5) is 25.9. The number of nitrogens with zero attached hydrogens (tertiary/aromatic N) is 3. The Balaban J connectivity index is 1.74. The third-order valence-electron chi connectivity index (χ3n) is 6.18. The van der Waals surface area contributed by atoms with Gasteiger partial charge in [-0.25, -0.2) is 13.2 Å². The first-order valence-corrected chi connectivity index (χ1v) is 12.3. The van der Waals surface area contributed by atoms with Crippen LogP contribution in [0, 0.1) is 0 Å². The van der Waals surface area contributed by atoms with Gasteiger partial charge in [-0.15, -0.1) is 0 Å². The highest BCUT2D eigenvalue weighted by atomic mass is 32.2. The average Bonchev–Trinajstić information content (AvgIpc) is 3.43. The van der Waals surface area contributed by atoms with Gasteiger partial charge in [0.2, 0.25) is 15.9 Å². The van der Waals surface area contributed by atoms with Crippen LogP contribution in [0.15, 0.2) is 27.9 Å². The highest BCUT2D eigenvalue weighted by Gasteiger charge is 2.29. The van der Waals surface area contributed by atoms with Gasteiger partial charge in [-0.3, -0.25) is 13.9 Å². The molecular weight excluding hydrogens is 404 g/mol. The van der Waals surface area contributed by atoms with Gasteiger partial charge in [-0.05, 0) is 57.7 Å². The molecule has 30 heavy (non-hydrogen) atoms. The normalized spacial score (nSPS) is 18.6. The van der Waals surface area contributed by atoms with Crippen molar-refractivity contribution in [3.63, 3.8) is 0 Å². The summed E-state index contributed by atoms with van der Waals surface area (Å²) in [6.07, 6.45) is 5.86. The van der Waals surface area contributed by atoms with E-state index in [1.165, 1.54) is 8.87 Å². The fourth-order valence-electron chi connectivity index (χ4n) is 4.64. The van der Waals surface area contributed by atoms with E-state index in [0.29, 0.717) is 24.1 Å². The van der Waals surface area contributed by atoms with E-state index < -0.39 is 10.0 Å². The highest BCUT2D eigenvalue weighted by molar-refractivity contribution is 7.89. The molecule has 8 nitrogen and oxygen atoms in total. The van der Waals surface area contributed by atoms with Gasteiger partial charge in [-0.1, -0.05) is 12.8 Å². The molecule has 1 aromatic carbocycles. The molecule has 1 saturated heterocycles. The van der Waals surface area contributed by atoms with Crippen molar-refractivity contribution in [3.8, 4) is 0 Å². The minimum atomic E-state index is -3.61. The number of fused-ring (bicyclic) bond motifs is 1. The van der Waals surface area contributed by atoms with E-state index in [1.54, 1.807) is 22.8 Å². The summed E-state index contributed by atoms with van der Waals surface area (Å²) < 4.78 is 30.5. The Morgan fingerprint density at radius 2 is 1.77 bits per heavy atom. The van der Waals surface area contributed by atoms with Gasteiger partial charge in [0.15, 0.2) is 0 Å². The molecule has 0 radical (unpaired) electrons. The molecular formula is C21H30N4O4S. The zero-order valence-corrected chi connectivity index (χ0v) is 18.5. The summed E-state index contributed by atoms with van der Waals surface area (Å²) >= 11 is 0. The van der Waals surface area contributed by atoms with Crippen LogP contribution in [0.4, 0.5) is 0 Å². The molecule has 2 fully saturated rings. The molecule has 0 spiro atoms. The van der Waals surface area contributed by atoms with Crippen molar-refractivity contribution >= 4 is 27.0 Å². The van der Waals surface area contributed by atoms with Crippen LogP contribution < -0.4 is 11.0 Å². The Hall–Kier alpha value is -2.13. The number of carbonyl (C=O) groups excluding carboxylic acids is 1. The number of hydrogen-bond donors (Lipinski definition) is 1. The molecule has 1 saturated carbocycles. The molecule has 1 aliphatic carbocycles. The summed E-state index contributed by atoms with van der Waals surface area (Å²) in [6.45, 7) is 4.73. The average molecular weight is 435 g/mol. The smallest absolute Gasteiger partial charge is 0.329 e. The van der Waals surface area contributed by atoms with Gasteiger partial charge in [-0.2, -0.15) is 4.31 Å². The van der Waals surface area contributed by atoms with Crippen LogP contribution in [0.25, 0.3) is 11.0 Å². The lowest BCUT2D eigenvalue weighted by atomic mass is 10.2. The van der Waals surface area contributed by atoms with Crippen molar-refractivity contribution in [2.75, 3.05) is 13.1 Å². The zero-order chi connectivity index (χ0) is 21.5. The second-order valence-electron chi connectivity index (χ2n) is 8.64. The number of carbonyl (C=O) groups is 1. The standard InChI is InChI=1S/C21H30N4O4S/c1-15(2)25-18-10-9-17(30(28,29)23-11-5-6-12-23)13-19(18)24(21(25)27)14-20(26)22-16-7-3-4-8-16/h9-10,13,15-16H,3-8,11-12,14H2,1-2H3,(H,22,26). The quantitative estimate of drug-likeness (QED) is 0.754. The van der Waals surface area contributed by atoms with Crippen LogP contribution in [0.5, 0.6) is 0 Å². The summed E-state index contributed by atoms with van der Waals surface area (Å²) in [6, 6.07) is 4.85. The number of nitrogens with one attached hydrogen (secondary N) is 1. The molecule has 4 rings (SSSR count). The third kappa shape index (κ3) is 3.80. The van der Waals surface area contributed by atoms with Gasteiger partial charge in [0.1, 0.15) is 6.54 Å². The third-order valence-corrected chi connectivity index (χ3v) is 8.07. The van der Waals surface area contributed by atoms with Crippen LogP contribution in [0.1, 0.15) is 58.4 Å². The fraction of sp³-hybridized carbons (Fsp3) is 0.619. The Morgan fingerprint density at radius 3 is 2.40 bits per heavy atom. The summed E-state index contributed by atoms with van der Waals surface area (Å²) in [5, 5.41) is 3.01. The molecule has 1 aliphatic heterocycles. The van der Waals surface area contributed by atoms with Crippen LogP contribution in [0.3, 0.4) is 0 Å². The number of amides is 1. The monoisotopic (exact) mass is 434 g/mol. The van der Waals surface area contributed by atoms with E-state index in [4.69, 9.17) is 0 Å². The number of aromatic nitrogens is 2. The first-order chi connectivity index (χ1) is 14.3. The van der Waals surface area contributed by atoms with Crippen molar-refractivity contribution in [3.05, 3.63) is 28.7 Å². The Kier molecular flexibility index (Phi) is 5.76. The molecule has 2 aromatic rings. The second kappa shape index (κ2) is 8.19. The van der Waals surface area contributed by atoms with E-state index in [-0.39, 0.29) is 35.1 Å². The largest absolute Gasteiger partial charge is 0.352 e. The molecule has 1 N–H and O–H groups in total. The Bertz CT molecular complexity index is 1100. The molecule has 0 atom stereocenters. The number of sulfonamides is 1. The maximum absolute atomic E-state index is 13.1. The molecule has 2 aliphatic rings. The van der Waals surface area contributed by atoms with Crippen molar-refractivity contribution in [1.29, 1.82) is 0 Å². The lowest BCUT2D eigenvalue weighted by molar-refractivity contribution is -0.122. The van der Waals surface area contributed by atoms with Crippen molar-refractivity contribution in [2.24, 2.45) is 0 Å². The van der Waals surface area contributed by atoms with Gasteiger partial charge < -0.3 is 5.32 Å². The van der Waals surface area contributed by atoms with E-state index in [1.807, 2.05) is 13.8 Å². The predicted molar refractivity (Wildman–Crippen MR) is 115 cm³/mol. The zero-order valence-electron chi connectivity index (χ0n) is 17.6. The molecule has 2 heterocycles.